The third-order valence-corrected chi connectivity index (χ3v) is 2.80. The summed E-state index contributed by atoms with van der Waals surface area (Å²) < 4.78 is 36.0. The number of alkyl halides is 3. The van der Waals surface area contributed by atoms with Crippen LogP contribution in [-0.2, 0) is 4.79 Å². The van der Waals surface area contributed by atoms with Crippen LogP contribution in [-0.4, -0.2) is 30.1 Å². The summed E-state index contributed by atoms with van der Waals surface area (Å²) in [5, 5.41) is 0. The second kappa shape index (κ2) is 4.86. The van der Waals surface area contributed by atoms with Crippen LogP contribution in [0, 0.1) is 5.92 Å². The Labute approximate surface area is 87.4 Å². The van der Waals surface area contributed by atoms with Crippen LogP contribution >= 0.6 is 0 Å². The quantitative estimate of drug-likeness (QED) is 0.704. The van der Waals surface area contributed by atoms with Crippen molar-refractivity contribution in [1.82, 2.24) is 4.90 Å². The third kappa shape index (κ3) is 4.10. The molecule has 2 nitrogen and oxygen atoms in total. The minimum atomic E-state index is -4.38. The Balaban J connectivity index is 2.45. The SMILES string of the molecule is CC[C@H]1CCCN(C(=O)CC(F)(F)F)C1. The fourth-order valence-electron chi connectivity index (χ4n) is 1.91. The van der Waals surface area contributed by atoms with Crippen LogP contribution < -0.4 is 0 Å². The van der Waals surface area contributed by atoms with Crippen molar-refractivity contribution in [3.63, 3.8) is 0 Å². The second-order valence-electron chi connectivity index (χ2n) is 4.05. The molecule has 5 heteroatoms. The number of likely N-dealkylation sites (tertiary alicyclic amines) is 1. The number of nitrogens with zero attached hydrogens (tertiary/aromatic N) is 1. The van der Waals surface area contributed by atoms with E-state index in [4.69, 9.17) is 0 Å². The molecule has 0 aromatic heterocycles. The Hall–Kier alpha value is -0.740. The lowest BCUT2D eigenvalue weighted by Crippen LogP contribution is -2.41. The number of piperidine rings is 1. The molecule has 0 aromatic carbocycles. The van der Waals surface area contributed by atoms with Gasteiger partial charge in [0.1, 0.15) is 6.42 Å². The van der Waals surface area contributed by atoms with E-state index in [9.17, 15) is 18.0 Å². The summed E-state index contributed by atoms with van der Waals surface area (Å²) in [6, 6.07) is 0. The van der Waals surface area contributed by atoms with E-state index in [1.54, 1.807) is 0 Å². The first-order chi connectivity index (χ1) is 6.92. The predicted octanol–water partition coefficient (Wildman–Crippen LogP) is 2.59. The molecule has 1 aliphatic heterocycles. The maximum atomic E-state index is 12.0. The van der Waals surface area contributed by atoms with E-state index in [0.29, 0.717) is 19.0 Å². The van der Waals surface area contributed by atoms with Crippen molar-refractivity contribution in [3.8, 4) is 0 Å². The molecular weight excluding hydrogens is 207 g/mol. The molecule has 1 saturated heterocycles. The molecule has 1 amide bonds. The van der Waals surface area contributed by atoms with E-state index in [1.807, 2.05) is 6.92 Å². The van der Waals surface area contributed by atoms with Crippen molar-refractivity contribution in [2.75, 3.05) is 13.1 Å². The van der Waals surface area contributed by atoms with Gasteiger partial charge in [0.15, 0.2) is 0 Å². The van der Waals surface area contributed by atoms with Gasteiger partial charge in [-0.3, -0.25) is 4.79 Å². The van der Waals surface area contributed by atoms with Gasteiger partial charge in [-0.15, -0.1) is 0 Å². The molecule has 0 saturated carbocycles. The summed E-state index contributed by atoms with van der Waals surface area (Å²) in [7, 11) is 0. The van der Waals surface area contributed by atoms with Gasteiger partial charge < -0.3 is 4.90 Å². The number of halogens is 3. The van der Waals surface area contributed by atoms with Gasteiger partial charge in [0.25, 0.3) is 0 Å². The fourth-order valence-corrected chi connectivity index (χ4v) is 1.91. The van der Waals surface area contributed by atoms with Crippen LogP contribution in [0.5, 0.6) is 0 Å². The topological polar surface area (TPSA) is 20.3 Å². The molecule has 1 atom stereocenters. The number of carbonyl (C=O) groups excluding carboxylic acids is 1. The smallest absolute Gasteiger partial charge is 0.342 e. The first-order valence-corrected chi connectivity index (χ1v) is 5.27. The Morgan fingerprint density at radius 3 is 2.67 bits per heavy atom. The highest BCUT2D eigenvalue weighted by Crippen LogP contribution is 2.24. The van der Waals surface area contributed by atoms with Crippen molar-refractivity contribution >= 4 is 5.91 Å². The predicted molar refractivity (Wildman–Crippen MR) is 50.3 cm³/mol. The van der Waals surface area contributed by atoms with Crippen LogP contribution in [0.1, 0.15) is 32.6 Å². The highest BCUT2D eigenvalue weighted by molar-refractivity contribution is 5.76. The highest BCUT2D eigenvalue weighted by Gasteiger charge is 2.34. The number of amides is 1. The zero-order valence-corrected chi connectivity index (χ0v) is 8.81. The van der Waals surface area contributed by atoms with Gasteiger partial charge in [-0.2, -0.15) is 13.2 Å². The molecule has 0 spiro atoms. The summed E-state index contributed by atoms with van der Waals surface area (Å²) in [4.78, 5) is 12.6. The normalized spacial score (nSPS) is 22.9. The maximum absolute atomic E-state index is 12.0. The van der Waals surface area contributed by atoms with E-state index >= 15 is 0 Å². The van der Waals surface area contributed by atoms with Gasteiger partial charge in [0.05, 0.1) is 0 Å². The Morgan fingerprint density at radius 2 is 2.13 bits per heavy atom. The van der Waals surface area contributed by atoms with Crippen molar-refractivity contribution in [3.05, 3.63) is 0 Å². The van der Waals surface area contributed by atoms with Crippen LogP contribution in [0.15, 0.2) is 0 Å². The first-order valence-electron chi connectivity index (χ1n) is 5.27. The summed E-state index contributed by atoms with van der Waals surface area (Å²) in [6.07, 6.45) is -2.93. The monoisotopic (exact) mass is 223 g/mol. The molecule has 88 valence electrons. The van der Waals surface area contributed by atoms with E-state index in [-0.39, 0.29) is 0 Å². The van der Waals surface area contributed by atoms with Crippen LogP contribution in [0.2, 0.25) is 0 Å². The van der Waals surface area contributed by atoms with Crippen LogP contribution in [0.4, 0.5) is 13.2 Å². The van der Waals surface area contributed by atoms with Gasteiger partial charge in [0, 0.05) is 13.1 Å². The molecule has 0 aromatic rings. The number of carbonyl (C=O) groups is 1. The zero-order valence-electron chi connectivity index (χ0n) is 8.81. The molecule has 1 aliphatic rings. The second-order valence-corrected chi connectivity index (χ2v) is 4.05. The zero-order chi connectivity index (χ0) is 11.5. The lowest BCUT2D eigenvalue weighted by atomic mass is 9.95. The molecule has 0 N–H and O–H groups in total. The number of rotatable bonds is 2. The lowest BCUT2D eigenvalue weighted by Gasteiger charge is -2.32. The van der Waals surface area contributed by atoms with Gasteiger partial charge in [-0.25, -0.2) is 0 Å². The lowest BCUT2D eigenvalue weighted by molar-refractivity contribution is -0.162. The largest absolute Gasteiger partial charge is 0.397 e. The van der Waals surface area contributed by atoms with Crippen molar-refractivity contribution in [2.24, 2.45) is 5.92 Å². The molecular formula is C10H16F3NO. The summed E-state index contributed by atoms with van der Waals surface area (Å²) in [5.74, 6) is -0.406. The van der Waals surface area contributed by atoms with Crippen molar-refractivity contribution < 1.29 is 18.0 Å². The van der Waals surface area contributed by atoms with Gasteiger partial charge in [-0.1, -0.05) is 13.3 Å². The standard InChI is InChI=1S/C10H16F3NO/c1-2-8-4-3-5-14(7-8)9(15)6-10(11,12)13/h8H,2-7H2,1H3/t8-/m0/s1. The third-order valence-electron chi connectivity index (χ3n) is 2.80. The minimum absolute atomic E-state index is 0.371. The minimum Gasteiger partial charge on any atom is -0.342 e. The number of hydrogen-bond acceptors (Lipinski definition) is 1. The van der Waals surface area contributed by atoms with Crippen LogP contribution in [0.25, 0.3) is 0 Å². The van der Waals surface area contributed by atoms with Crippen LogP contribution in [0.3, 0.4) is 0 Å². The average molecular weight is 223 g/mol. The van der Waals surface area contributed by atoms with E-state index in [1.165, 1.54) is 4.90 Å². The van der Waals surface area contributed by atoms with Gasteiger partial charge in [-0.05, 0) is 18.8 Å². The summed E-state index contributed by atoms with van der Waals surface area (Å²) in [5.41, 5.74) is 0. The molecule has 0 radical (unpaired) electrons. The Morgan fingerprint density at radius 1 is 1.47 bits per heavy atom. The van der Waals surface area contributed by atoms with E-state index in [0.717, 1.165) is 19.3 Å². The Bertz CT molecular complexity index is 227. The average Bonchev–Trinajstić information content (AvgIpc) is 2.15. The fraction of sp³-hybridized carbons (Fsp3) is 0.900. The molecule has 1 rings (SSSR count). The van der Waals surface area contributed by atoms with Gasteiger partial charge in [0.2, 0.25) is 5.91 Å². The molecule has 1 heterocycles. The summed E-state index contributed by atoms with van der Waals surface area (Å²) >= 11 is 0. The summed E-state index contributed by atoms with van der Waals surface area (Å²) in [6.45, 7) is 2.97. The number of hydrogen-bond donors (Lipinski definition) is 0. The molecule has 15 heavy (non-hydrogen) atoms. The highest BCUT2D eigenvalue weighted by atomic mass is 19.4. The van der Waals surface area contributed by atoms with E-state index < -0.39 is 18.5 Å². The molecule has 0 unspecified atom stereocenters. The molecule has 1 fully saturated rings. The Kier molecular flexibility index (Phi) is 3.99. The molecule has 0 aliphatic carbocycles. The van der Waals surface area contributed by atoms with Crippen molar-refractivity contribution in [2.45, 2.75) is 38.8 Å². The molecule has 0 bridgehead atoms. The van der Waals surface area contributed by atoms with Crippen molar-refractivity contribution in [1.29, 1.82) is 0 Å². The van der Waals surface area contributed by atoms with Gasteiger partial charge >= 0.3 is 6.18 Å². The van der Waals surface area contributed by atoms with E-state index in [2.05, 4.69) is 0 Å². The maximum Gasteiger partial charge on any atom is 0.397 e. The first kappa shape index (κ1) is 12.3.